The highest BCUT2D eigenvalue weighted by molar-refractivity contribution is 9.10. The normalized spacial score (nSPS) is 14.8. The Morgan fingerprint density at radius 2 is 2.08 bits per heavy atom. The van der Waals surface area contributed by atoms with Crippen LogP contribution in [0, 0.1) is 0 Å². The lowest BCUT2D eigenvalue weighted by atomic mass is 10.1. The minimum atomic E-state index is -0.495. The molecule has 0 saturated carbocycles. The van der Waals surface area contributed by atoms with Crippen LogP contribution < -0.4 is 9.47 Å². The van der Waals surface area contributed by atoms with Crippen LogP contribution in [0.15, 0.2) is 70.3 Å². The van der Waals surface area contributed by atoms with Crippen molar-refractivity contribution in [3.63, 3.8) is 0 Å². The Morgan fingerprint density at radius 1 is 1.23 bits per heavy atom. The van der Waals surface area contributed by atoms with Crippen molar-refractivity contribution in [2.45, 2.75) is 0 Å². The van der Waals surface area contributed by atoms with Crippen molar-refractivity contribution in [3.05, 3.63) is 76.4 Å². The number of cyclic esters (lactones) is 1. The third kappa shape index (κ3) is 4.03. The summed E-state index contributed by atoms with van der Waals surface area (Å²) in [4.78, 5) is 16.4. The number of hydrogen-bond acceptors (Lipinski definition) is 5. The molecule has 0 fully saturated rings. The van der Waals surface area contributed by atoms with Crippen LogP contribution in [0.2, 0.25) is 0 Å². The maximum absolute atomic E-state index is 12.1. The lowest BCUT2D eigenvalue weighted by Gasteiger charge is -2.09. The molecule has 1 heterocycles. The lowest BCUT2D eigenvalue weighted by Crippen LogP contribution is -2.05. The molecule has 0 amide bonds. The predicted molar refractivity (Wildman–Crippen MR) is 103 cm³/mol. The number of rotatable bonds is 6. The molecule has 0 atom stereocenters. The molecule has 0 radical (unpaired) electrons. The average Bonchev–Trinajstić information content (AvgIpc) is 3.01. The number of esters is 1. The molecule has 0 aromatic heterocycles. The van der Waals surface area contributed by atoms with E-state index in [4.69, 9.17) is 14.2 Å². The van der Waals surface area contributed by atoms with Gasteiger partial charge < -0.3 is 14.2 Å². The van der Waals surface area contributed by atoms with E-state index in [9.17, 15) is 4.79 Å². The number of carbonyl (C=O) groups excluding carboxylic acids is 1. The van der Waals surface area contributed by atoms with E-state index in [2.05, 4.69) is 27.5 Å². The predicted octanol–water partition coefficient (Wildman–Crippen LogP) is 4.37. The van der Waals surface area contributed by atoms with Crippen LogP contribution in [0.1, 0.15) is 11.1 Å². The Kier molecular flexibility index (Phi) is 5.53. The molecule has 0 saturated heterocycles. The van der Waals surface area contributed by atoms with Crippen LogP contribution >= 0.6 is 15.9 Å². The van der Waals surface area contributed by atoms with Gasteiger partial charge in [-0.15, -0.1) is 0 Å². The van der Waals surface area contributed by atoms with Gasteiger partial charge in [0.05, 0.1) is 7.11 Å². The summed E-state index contributed by atoms with van der Waals surface area (Å²) in [5.41, 5.74) is 1.70. The first kappa shape index (κ1) is 17.9. The first-order valence-corrected chi connectivity index (χ1v) is 8.60. The highest BCUT2D eigenvalue weighted by Crippen LogP contribution is 2.30. The van der Waals surface area contributed by atoms with Gasteiger partial charge in [-0.3, -0.25) is 0 Å². The van der Waals surface area contributed by atoms with Crippen LogP contribution in [-0.4, -0.2) is 25.6 Å². The topological polar surface area (TPSA) is 57.1 Å². The second kappa shape index (κ2) is 8.01. The fourth-order valence-corrected chi connectivity index (χ4v) is 2.75. The molecule has 6 heteroatoms. The van der Waals surface area contributed by atoms with E-state index in [1.807, 2.05) is 30.3 Å². The van der Waals surface area contributed by atoms with Gasteiger partial charge in [-0.05, 0) is 42.0 Å². The summed E-state index contributed by atoms with van der Waals surface area (Å²) in [5, 5.41) is 0. The molecule has 0 aliphatic carbocycles. The number of carbonyl (C=O) groups is 1. The minimum absolute atomic E-state index is 0.224. The van der Waals surface area contributed by atoms with E-state index in [-0.39, 0.29) is 11.6 Å². The summed E-state index contributed by atoms with van der Waals surface area (Å²) < 4.78 is 17.0. The lowest BCUT2D eigenvalue weighted by molar-refractivity contribution is -0.129. The molecule has 26 heavy (non-hydrogen) atoms. The molecule has 5 nitrogen and oxygen atoms in total. The maximum atomic E-state index is 12.1. The van der Waals surface area contributed by atoms with Gasteiger partial charge in [-0.25, -0.2) is 9.79 Å². The molecule has 2 aromatic carbocycles. The molecular weight excluding hydrogens is 398 g/mol. The van der Waals surface area contributed by atoms with Gasteiger partial charge in [0.1, 0.15) is 6.61 Å². The Balaban J connectivity index is 1.89. The Morgan fingerprint density at radius 3 is 2.81 bits per heavy atom. The fraction of sp³-hybridized carbons (Fsp3) is 0.100. The quantitative estimate of drug-likeness (QED) is 0.400. The number of nitrogens with zero attached hydrogens (tertiary/aromatic N) is 1. The largest absolute Gasteiger partial charge is 0.493 e. The van der Waals surface area contributed by atoms with Crippen molar-refractivity contribution in [2.75, 3.05) is 13.7 Å². The van der Waals surface area contributed by atoms with Gasteiger partial charge in [-0.2, -0.15) is 0 Å². The van der Waals surface area contributed by atoms with Gasteiger partial charge >= 0.3 is 5.97 Å². The zero-order valence-electron chi connectivity index (χ0n) is 14.1. The van der Waals surface area contributed by atoms with Crippen molar-refractivity contribution in [1.82, 2.24) is 0 Å². The molecule has 0 spiro atoms. The first-order chi connectivity index (χ1) is 12.6. The summed E-state index contributed by atoms with van der Waals surface area (Å²) >= 11 is 3.39. The summed E-state index contributed by atoms with van der Waals surface area (Å²) in [5.74, 6) is 0.942. The summed E-state index contributed by atoms with van der Waals surface area (Å²) in [6, 6.07) is 12.8. The minimum Gasteiger partial charge on any atom is -0.493 e. The second-order valence-corrected chi connectivity index (χ2v) is 6.27. The van der Waals surface area contributed by atoms with Crippen molar-refractivity contribution in [1.29, 1.82) is 0 Å². The molecule has 3 rings (SSSR count). The van der Waals surface area contributed by atoms with Gasteiger partial charge in [0, 0.05) is 10.0 Å². The van der Waals surface area contributed by atoms with Crippen LogP contribution in [0.3, 0.4) is 0 Å². The Hall–Kier alpha value is -2.86. The molecule has 1 aliphatic rings. The van der Waals surface area contributed by atoms with Gasteiger partial charge in [0.25, 0.3) is 0 Å². The fourth-order valence-electron chi connectivity index (χ4n) is 2.35. The van der Waals surface area contributed by atoms with E-state index in [1.54, 1.807) is 31.4 Å². The first-order valence-electron chi connectivity index (χ1n) is 7.81. The standard InChI is InChI=1S/C20H16BrNO4/c1-3-9-25-17-8-7-13(11-18(17)24-2)10-16-20(23)26-19(22-16)14-5-4-6-15(21)12-14/h3-8,10-12H,1,9H2,2H3. The highest BCUT2D eigenvalue weighted by Gasteiger charge is 2.24. The molecular formula is C20H16BrNO4. The molecule has 0 N–H and O–H groups in total. The second-order valence-electron chi connectivity index (χ2n) is 5.36. The zero-order chi connectivity index (χ0) is 18.5. The SMILES string of the molecule is C=CCOc1ccc(C=C2N=C(c3cccc(Br)c3)OC2=O)cc1OC. The van der Waals surface area contributed by atoms with Crippen molar-refractivity contribution in [2.24, 2.45) is 4.99 Å². The Labute approximate surface area is 159 Å². The summed E-state index contributed by atoms with van der Waals surface area (Å²) in [6.45, 7) is 4.00. The highest BCUT2D eigenvalue weighted by atomic mass is 79.9. The van der Waals surface area contributed by atoms with Gasteiger partial charge in [-0.1, -0.05) is 40.7 Å². The number of ether oxygens (including phenoxy) is 3. The number of aliphatic imine (C=N–C) groups is 1. The summed E-state index contributed by atoms with van der Waals surface area (Å²) in [7, 11) is 1.56. The van der Waals surface area contributed by atoms with E-state index < -0.39 is 5.97 Å². The molecule has 0 bridgehead atoms. The summed E-state index contributed by atoms with van der Waals surface area (Å²) in [6.07, 6.45) is 3.30. The Bertz CT molecular complexity index is 918. The van der Waals surface area contributed by atoms with Gasteiger partial charge in [0.15, 0.2) is 17.2 Å². The number of halogens is 1. The zero-order valence-corrected chi connectivity index (χ0v) is 15.7. The third-order valence-corrected chi connectivity index (χ3v) is 4.03. The third-order valence-electron chi connectivity index (χ3n) is 3.54. The van der Waals surface area contributed by atoms with E-state index >= 15 is 0 Å². The average molecular weight is 414 g/mol. The smallest absolute Gasteiger partial charge is 0.363 e. The molecule has 132 valence electrons. The van der Waals surface area contributed by atoms with E-state index in [0.717, 1.165) is 15.6 Å². The van der Waals surface area contributed by atoms with Crippen LogP contribution in [0.4, 0.5) is 0 Å². The van der Waals surface area contributed by atoms with Crippen LogP contribution in [0.25, 0.3) is 6.08 Å². The number of methoxy groups -OCH3 is 1. The van der Waals surface area contributed by atoms with Crippen LogP contribution in [-0.2, 0) is 9.53 Å². The van der Waals surface area contributed by atoms with E-state index in [1.165, 1.54) is 0 Å². The molecule has 0 unspecified atom stereocenters. The monoisotopic (exact) mass is 413 g/mol. The van der Waals surface area contributed by atoms with E-state index in [0.29, 0.717) is 18.1 Å². The van der Waals surface area contributed by atoms with Crippen molar-refractivity contribution < 1.29 is 19.0 Å². The van der Waals surface area contributed by atoms with Crippen LogP contribution in [0.5, 0.6) is 11.5 Å². The maximum Gasteiger partial charge on any atom is 0.363 e. The van der Waals surface area contributed by atoms with Gasteiger partial charge in [0.2, 0.25) is 5.90 Å². The number of hydrogen-bond donors (Lipinski definition) is 0. The molecule has 2 aromatic rings. The number of benzene rings is 2. The molecule has 1 aliphatic heterocycles. The van der Waals surface area contributed by atoms with Crippen molar-refractivity contribution >= 4 is 33.9 Å². The van der Waals surface area contributed by atoms with Crippen molar-refractivity contribution in [3.8, 4) is 11.5 Å².